The highest BCUT2D eigenvalue weighted by Gasteiger charge is 2.31. The fourth-order valence-corrected chi connectivity index (χ4v) is 5.08. The van der Waals surface area contributed by atoms with Crippen molar-refractivity contribution < 1.29 is 9.90 Å². The average Bonchev–Trinajstić information content (AvgIpc) is 3.02. The van der Waals surface area contributed by atoms with Crippen LogP contribution in [0.3, 0.4) is 0 Å². The minimum absolute atomic E-state index is 0.159. The number of aliphatic carboxylic acids is 1. The molecule has 0 radical (unpaired) electrons. The molecule has 0 amide bonds. The van der Waals surface area contributed by atoms with E-state index in [2.05, 4.69) is 40.2 Å². The van der Waals surface area contributed by atoms with E-state index in [1.54, 1.807) is 0 Å². The lowest BCUT2D eigenvalue weighted by molar-refractivity contribution is -0.144. The van der Waals surface area contributed by atoms with Gasteiger partial charge in [0.05, 0.1) is 5.92 Å². The van der Waals surface area contributed by atoms with Gasteiger partial charge in [-0.05, 0) is 63.3 Å². The third-order valence-corrected chi connectivity index (χ3v) is 6.43. The lowest BCUT2D eigenvalue weighted by Crippen LogP contribution is -2.49. The molecule has 0 bridgehead atoms. The number of likely N-dealkylation sites (tertiary alicyclic amines) is 2. The first-order valence-electron chi connectivity index (χ1n) is 9.41. The summed E-state index contributed by atoms with van der Waals surface area (Å²) in [7, 11) is 4.22. The van der Waals surface area contributed by atoms with Gasteiger partial charge in [-0.1, -0.05) is 0 Å². The van der Waals surface area contributed by atoms with Crippen LogP contribution in [0.15, 0.2) is 11.4 Å². The van der Waals surface area contributed by atoms with Crippen LogP contribution in [0.4, 0.5) is 0 Å². The zero-order valence-electron chi connectivity index (χ0n) is 15.5. The molecule has 25 heavy (non-hydrogen) atoms. The lowest BCUT2D eigenvalue weighted by Gasteiger charge is -2.41. The van der Waals surface area contributed by atoms with Crippen LogP contribution in [-0.4, -0.2) is 72.1 Å². The second-order valence-electron chi connectivity index (χ2n) is 7.84. The van der Waals surface area contributed by atoms with Crippen LogP contribution < -0.4 is 0 Å². The number of carboxylic acid groups (broad SMARTS) is 1. The molecule has 2 saturated heterocycles. The zero-order chi connectivity index (χ0) is 17.8. The summed E-state index contributed by atoms with van der Waals surface area (Å²) in [5.41, 5.74) is 1.41. The van der Waals surface area contributed by atoms with E-state index in [4.69, 9.17) is 0 Å². The van der Waals surface area contributed by atoms with Gasteiger partial charge in [0.25, 0.3) is 0 Å². The van der Waals surface area contributed by atoms with Crippen molar-refractivity contribution in [1.82, 2.24) is 14.7 Å². The number of nitrogens with zero attached hydrogens (tertiary/aromatic N) is 3. The van der Waals surface area contributed by atoms with Crippen LogP contribution in [0.5, 0.6) is 0 Å². The van der Waals surface area contributed by atoms with Gasteiger partial charge in [-0.25, -0.2) is 0 Å². The summed E-state index contributed by atoms with van der Waals surface area (Å²) in [5, 5.41) is 11.6. The van der Waals surface area contributed by atoms with Crippen LogP contribution in [0.1, 0.15) is 36.1 Å². The number of rotatable bonds is 6. The predicted molar refractivity (Wildman–Crippen MR) is 102 cm³/mol. The maximum Gasteiger partial charge on any atom is 0.307 e. The van der Waals surface area contributed by atoms with Crippen molar-refractivity contribution in [3.63, 3.8) is 0 Å². The van der Waals surface area contributed by atoms with Crippen LogP contribution in [0.25, 0.3) is 0 Å². The number of carboxylic acids is 1. The van der Waals surface area contributed by atoms with E-state index in [0.29, 0.717) is 6.04 Å². The Morgan fingerprint density at radius 3 is 2.72 bits per heavy atom. The predicted octanol–water partition coefficient (Wildman–Crippen LogP) is 2.57. The van der Waals surface area contributed by atoms with Gasteiger partial charge in [0.1, 0.15) is 0 Å². The molecule has 0 aromatic carbocycles. The Balaban J connectivity index is 1.45. The van der Waals surface area contributed by atoms with Gasteiger partial charge in [-0.15, -0.1) is 11.3 Å². The number of thiophene rings is 1. The molecular weight excluding hydrogens is 334 g/mol. The van der Waals surface area contributed by atoms with E-state index in [-0.39, 0.29) is 5.92 Å². The fraction of sp³-hybridized carbons (Fsp3) is 0.737. The second-order valence-corrected chi connectivity index (χ2v) is 8.83. The van der Waals surface area contributed by atoms with Gasteiger partial charge in [-0.3, -0.25) is 14.6 Å². The Morgan fingerprint density at radius 1 is 1.28 bits per heavy atom. The quantitative estimate of drug-likeness (QED) is 0.840. The molecular formula is C19H31N3O2S. The van der Waals surface area contributed by atoms with Gasteiger partial charge in [-0.2, -0.15) is 0 Å². The molecule has 5 nitrogen and oxygen atoms in total. The minimum Gasteiger partial charge on any atom is -0.481 e. The number of piperidine rings is 2. The highest BCUT2D eigenvalue weighted by atomic mass is 32.1. The summed E-state index contributed by atoms with van der Waals surface area (Å²) in [6.45, 7) is 6.15. The van der Waals surface area contributed by atoms with Gasteiger partial charge >= 0.3 is 5.97 Å². The van der Waals surface area contributed by atoms with E-state index in [0.717, 1.165) is 52.1 Å². The molecule has 0 unspecified atom stereocenters. The SMILES string of the molecule is CN(C)Cc1csc(CN2CCC(N3CCC[C@H](C(=O)O)C3)CC2)c1. The number of carbonyl (C=O) groups is 1. The highest BCUT2D eigenvalue weighted by molar-refractivity contribution is 7.10. The molecule has 3 heterocycles. The van der Waals surface area contributed by atoms with Crippen LogP contribution in [-0.2, 0) is 17.9 Å². The summed E-state index contributed by atoms with van der Waals surface area (Å²) in [6.07, 6.45) is 4.21. The third-order valence-electron chi connectivity index (χ3n) is 5.46. The number of hydrogen-bond donors (Lipinski definition) is 1. The van der Waals surface area contributed by atoms with E-state index < -0.39 is 5.97 Å². The molecule has 1 aromatic heterocycles. The number of hydrogen-bond acceptors (Lipinski definition) is 5. The fourth-order valence-electron chi connectivity index (χ4n) is 4.16. The maximum absolute atomic E-state index is 11.3. The first-order chi connectivity index (χ1) is 12.0. The minimum atomic E-state index is -0.617. The summed E-state index contributed by atoms with van der Waals surface area (Å²) < 4.78 is 0. The maximum atomic E-state index is 11.3. The smallest absolute Gasteiger partial charge is 0.307 e. The Hall–Kier alpha value is -0.950. The largest absolute Gasteiger partial charge is 0.481 e. The van der Waals surface area contributed by atoms with Crippen LogP contribution in [0.2, 0.25) is 0 Å². The van der Waals surface area contributed by atoms with Crippen molar-refractivity contribution in [1.29, 1.82) is 0 Å². The standard InChI is InChI=1S/C19H31N3O2S/c1-20(2)11-15-10-18(25-14-15)13-21-8-5-17(6-9-21)22-7-3-4-16(12-22)19(23)24/h10,14,16-17H,3-9,11-13H2,1-2H3,(H,23,24)/t16-/m0/s1. The summed E-state index contributed by atoms with van der Waals surface area (Å²) in [6, 6.07) is 2.92. The zero-order valence-corrected chi connectivity index (χ0v) is 16.3. The first-order valence-corrected chi connectivity index (χ1v) is 10.3. The Bertz CT molecular complexity index is 567. The Kier molecular flexibility index (Phi) is 6.49. The van der Waals surface area contributed by atoms with E-state index in [1.807, 2.05) is 11.3 Å². The van der Waals surface area contributed by atoms with Crippen LogP contribution in [0, 0.1) is 5.92 Å². The second kappa shape index (κ2) is 8.62. The van der Waals surface area contributed by atoms with Gasteiger partial charge < -0.3 is 10.0 Å². The molecule has 6 heteroatoms. The van der Waals surface area contributed by atoms with Gasteiger partial charge in [0.15, 0.2) is 0 Å². The van der Waals surface area contributed by atoms with Crippen LogP contribution >= 0.6 is 11.3 Å². The molecule has 1 atom stereocenters. The average molecular weight is 366 g/mol. The molecule has 2 aliphatic rings. The molecule has 0 saturated carbocycles. The monoisotopic (exact) mass is 365 g/mol. The first kappa shape index (κ1) is 18.8. The van der Waals surface area contributed by atoms with Gasteiger partial charge in [0, 0.05) is 43.6 Å². The topological polar surface area (TPSA) is 47.0 Å². The van der Waals surface area contributed by atoms with Crippen molar-refractivity contribution in [2.45, 2.75) is 44.8 Å². The molecule has 3 rings (SSSR count). The molecule has 140 valence electrons. The summed E-state index contributed by atoms with van der Waals surface area (Å²) in [4.78, 5) is 19.9. The van der Waals surface area contributed by atoms with E-state index in [9.17, 15) is 9.90 Å². The third kappa shape index (κ3) is 5.26. The molecule has 2 aliphatic heterocycles. The van der Waals surface area contributed by atoms with Crippen molar-refractivity contribution in [3.05, 3.63) is 21.9 Å². The summed E-state index contributed by atoms with van der Waals surface area (Å²) >= 11 is 1.87. The van der Waals surface area contributed by atoms with Crippen molar-refractivity contribution >= 4 is 17.3 Å². The van der Waals surface area contributed by atoms with E-state index >= 15 is 0 Å². The molecule has 0 aliphatic carbocycles. The molecule has 2 fully saturated rings. The lowest BCUT2D eigenvalue weighted by atomic mass is 9.94. The highest BCUT2D eigenvalue weighted by Crippen LogP contribution is 2.25. The Labute approximate surface area is 155 Å². The van der Waals surface area contributed by atoms with Crippen molar-refractivity contribution in [2.75, 3.05) is 40.3 Å². The summed E-state index contributed by atoms with van der Waals surface area (Å²) in [5.74, 6) is -0.777. The van der Waals surface area contributed by atoms with Crippen molar-refractivity contribution in [3.8, 4) is 0 Å². The normalized spacial score (nSPS) is 24.0. The van der Waals surface area contributed by atoms with E-state index in [1.165, 1.54) is 23.3 Å². The Morgan fingerprint density at radius 2 is 2.04 bits per heavy atom. The van der Waals surface area contributed by atoms with Crippen molar-refractivity contribution in [2.24, 2.45) is 5.92 Å². The van der Waals surface area contributed by atoms with Gasteiger partial charge in [0.2, 0.25) is 0 Å². The molecule has 0 spiro atoms. The molecule has 1 aromatic rings. The molecule has 1 N–H and O–H groups in total.